The number of amides is 1. The van der Waals surface area contributed by atoms with Crippen molar-refractivity contribution in [3.63, 3.8) is 0 Å². The highest BCUT2D eigenvalue weighted by molar-refractivity contribution is 6.30. The minimum absolute atomic E-state index is 0.0589. The van der Waals surface area contributed by atoms with Gasteiger partial charge in [0, 0.05) is 17.1 Å². The van der Waals surface area contributed by atoms with Gasteiger partial charge < -0.3 is 4.90 Å². The summed E-state index contributed by atoms with van der Waals surface area (Å²) in [5.41, 5.74) is 2.77. The highest BCUT2D eigenvalue weighted by Crippen LogP contribution is 2.22. The standard InChI is InChI=1S/C18H14ClFN4O/c19-13-3-1-2-12(8-13)18(25)23-6-7-24-15(11-23)9-17(22-24)16-5-4-14(20)10-21-16/h1-5,8-10H,6-7,11H2. The van der Waals surface area contributed by atoms with Gasteiger partial charge in [-0.3, -0.25) is 14.5 Å². The molecule has 0 spiro atoms. The number of halogens is 2. The average Bonchev–Trinajstić information content (AvgIpc) is 3.05. The molecule has 1 aromatic carbocycles. The van der Waals surface area contributed by atoms with Crippen molar-refractivity contribution < 1.29 is 9.18 Å². The van der Waals surface area contributed by atoms with Crippen LogP contribution in [0.2, 0.25) is 5.02 Å². The monoisotopic (exact) mass is 356 g/mol. The summed E-state index contributed by atoms with van der Waals surface area (Å²) in [4.78, 5) is 18.5. The molecule has 7 heteroatoms. The maximum atomic E-state index is 13.0. The van der Waals surface area contributed by atoms with Crippen LogP contribution in [0.25, 0.3) is 11.4 Å². The van der Waals surface area contributed by atoms with Crippen molar-refractivity contribution >= 4 is 17.5 Å². The van der Waals surface area contributed by atoms with E-state index in [0.717, 1.165) is 5.69 Å². The van der Waals surface area contributed by atoms with E-state index < -0.39 is 0 Å². The Morgan fingerprint density at radius 1 is 1.12 bits per heavy atom. The van der Waals surface area contributed by atoms with Crippen LogP contribution in [-0.2, 0) is 13.1 Å². The fourth-order valence-corrected chi connectivity index (χ4v) is 3.09. The van der Waals surface area contributed by atoms with Crippen molar-refractivity contribution in [3.8, 4) is 11.4 Å². The topological polar surface area (TPSA) is 51.0 Å². The molecule has 0 unspecified atom stereocenters. The molecule has 0 saturated carbocycles. The number of aromatic nitrogens is 3. The molecule has 4 rings (SSSR count). The zero-order valence-electron chi connectivity index (χ0n) is 13.2. The average molecular weight is 357 g/mol. The summed E-state index contributed by atoms with van der Waals surface area (Å²) in [5.74, 6) is -0.442. The number of hydrogen-bond acceptors (Lipinski definition) is 3. The quantitative estimate of drug-likeness (QED) is 0.707. The number of carbonyl (C=O) groups excluding carboxylic acids is 1. The van der Waals surface area contributed by atoms with Gasteiger partial charge in [-0.2, -0.15) is 5.10 Å². The molecule has 0 radical (unpaired) electrons. The Morgan fingerprint density at radius 2 is 2.00 bits per heavy atom. The first-order valence-corrected chi connectivity index (χ1v) is 8.21. The molecule has 0 fully saturated rings. The van der Waals surface area contributed by atoms with Crippen molar-refractivity contribution in [1.29, 1.82) is 0 Å². The second-order valence-electron chi connectivity index (χ2n) is 5.84. The summed E-state index contributed by atoms with van der Waals surface area (Å²) < 4.78 is 14.9. The van der Waals surface area contributed by atoms with E-state index in [4.69, 9.17) is 11.6 Å². The van der Waals surface area contributed by atoms with E-state index in [1.54, 1.807) is 35.2 Å². The maximum absolute atomic E-state index is 13.0. The predicted molar refractivity (Wildman–Crippen MR) is 91.6 cm³/mol. The molecule has 5 nitrogen and oxygen atoms in total. The summed E-state index contributed by atoms with van der Waals surface area (Å²) in [6.45, 7) is 1.62. The third kappa shape index (κ3) is 3.13. The first-order valence-electron chi connectivity index (χ1n) is 7.84. The molecular formula is C18H14ClFN4O. The normalized spacial score (nSPS) is 13.6. The second kappa shape index (κ2) is 6.29. The van der Waals surface area contributed by atoms with Gasteiger partial charge in [-0.25, -0.2) is 4.39 Å². The summed E-state index contributed by atoms with van der Waals surface area (Å²) in [6, 6.07) is 11.8. The molecule has 25 heavy (non-hydrogen) atoms. The SMILES string of the molecule is O=C(c1cccc(Cl)c1)N1CCn2nc(-c3ccc(F)cn3)cc2C1. The van der Waals surface area contributed by atoms with Crippen molar-refractivity contribution in [3.05, 3.63) is 70.8 Å². The molecule has 0 N–H and O–H groups in total. The fourth-order valence-electron chi connectivity index (χ4n) is 2.90. The number of carbonyl (C=O) groups is 1. The molecule has 1 aliphatic heterocycles. The van der Waals surface area contributed by atoms with Gasteiger partial charge in [0.2, 0.25) is 0 Å². The zero-order chi connectivity index (χ0) is 17.4. The van der Waals surface area contributed by atoms with Gasteiger partial charge in [0.15, 0.2) is 0 Å². The first-order chi connectivity index (χ1) is 12.1. The number of rotatable bonds is 2. The van der Waals surface area contributed by atoms with E-state index >= 15 is 0 Å². The summed E-state index contributed by atoms with van der Waals surface area (Å²) >= 11 is 5.97. The van der Waals surface area contributed by atoms with Gasteiger partial charge >= 0.3 is 0 Å². The number of benzene rings is 1. The van der Waals surface area contributed by atoms with Gasteiger partial charge in [0.25, 0.3) is 5.91 Å². The molecule has 3 aromatic rings. The minimum atomic E-state index is -0.383. The van der Waals surface area contributed by atoms with Gasteiger partial charge in [0.1, 0.15) is 11.5 Å². The molecule has 0 saturated heterocycles. The molecule has 0 bridgehead atoms. The van der Waals surface area contributed by atoms with Crippen molar-refractivity contribution in [2.45, 2.75) is 13.1 Å². The molecule has 126 valence electrons. The molecular weight excluding hydrogens is 343 g/mol. The second-order valence-corrected chi connectivity index (χ2v) is 6.28. The van der Waals surface area contributed by atoms with Crippen LogP contribution in [0.4, 0.5) is 4.39 Å². The van der Waals surface area contributed by atoms with Crippen LogP contribution in [0.1, 0.15) is 16.1 Å². The van der Waals surface area contributed by atoms with Crippen LogP contribution in [0.5, 0.6) is 0 Å². The Bertz CT molecular complexity index is 939. The summed E-state index contributed by atoms with van der Waals surface area (Å²) in [6.07, 6.45) is 1.17. The summed E-state index contributed by atoms with van der Waals surface area (Å²) in [7, 11) is 0. The summed E-state index contributed by atoms with van der Waals surface area (Å²) in [5, 5.41) is 5.04. The minimum Gasteiger partial charge on any atom is -0.331 e. The van der Waals surface area contributed by atoms with Crippen molar-refractivity contribution in [2.75, 3.05) is 6.54 Å². The highest BCUT2D eigenvalue weighted by atomic mass is 35.5. The van der Waals surface area contributed by atoms with Crippen LogP contribution in [0.15, 0.2) is 48.7 Å². The van der Waals surface area contributed by atoms with Crippen LogP contribution in [0.3, 0.4) is 0 Å². The lowest BCUT2D eigenvalue weighted by Gasteiger charge is -2.27. The van der Waals surface area contributed by atoms with Crippen LogP contribution >= 0.6 is 11.6 Å². The van der Waals surface area contributed by atoms with Crippen LogP contribution in [-0.4, -0.2) is 32.1 Å². The van der Waals surface area contributed by atoms with Crippen molar-refractivity contribution in [2.24, 2.45) is 0 Å². The van der Waals surface area contributed by atoms with Gasteiger partial charge in [-0.15, -0.1) is 0 Å². The van der Waals surface area contributed by atoms with Gasteiger partial charge in [0.05, 0.1) is 30.7 Å². The lowest BCUT2D eigenvalue weighted by atomic mass is 10.1. The Hall–Kier alpha value is -2.73. The molecule has 1 aliphatic rings. The smallest absolute Gasteiger partial charge is 0.254 e. The Morgan fingerprint density at radius 3 is 2.76 bits per heavy atom. The van der Waals surface area contributed by atoms with Gasteiger partial charge in [-0.1, -0.05) is 17.7 Å². The van der Waals surface area contributed by atoms with E-state index in [1.807, 2.05) is 10.7 Å². The lowest BCUT2D eigenvalue weighted by molar-refractivity contribution is 0.0706. The largest absolute Gasteiger partial charge is 0.331 e. The Labute approximate surface area is 148 Å². The fraction of sp³-hybridized carbons (Fsp3) is 0.167. The predicted octanol–water partition coefficient (Wildman–Crippen LogP) is 3.39. The molecule has 0 atom stereocenters. The molecule has 2 aromatic heterocycles. The van der Waals surface area contributed by atoms with Gasteiger partial charge in [-0.05, 0) is 36.4 Å². The molecule has 0 aliphatic carbocycles. The van der Waals surface area contributed by atoms with E-state index in [-0.39, 0.29) is 11.7 Å². The third-order valence-corrected chi connectivity index (χ3v) is 4.38. The number of hydrogen-bond donors (Lipinski definition) is 0. The maximum Gasteiger partial charge on any atom is 0.254 e. The molecule has 3 heterocycles. The van der Waals surface area contributed by atoms with E-state index in [0.29, 0.717) is 41.6 Å². The number of nitrogens with zero attached hydrogens (tertiary/aromatic N) is 4. The van der Waals surface area contributed by atoms with E-state index in [9.17, 15) is 9.18 Å². The Kier molecular flexibility index (Phi) is 3.97. The highest BCUT2D eigenvalue weighted by Gasteiger charge is 2.24. The van der Waals surface area contributed by atoms with Crippen LogP contribution in [0, 0.1) is 5.82 Å². The third-order valence-electron chi connectivity index (χ3n) is 4.15. The Balaban J connectivity index is 1.57. The van der Waals surface area contributed by atoms with E-state index in [1.165, 1.54) is 12.3 Å². The molecule has 1 amide bonds. The van der Waals surface area contributed by atoms with E-state index in [2.05, 4.69) is 10.1 Å². The number of fused-ring (bicyclic) bond motifs is 1. The first kappa shape index (κ1) is 15.8. The number of pyridine rings is 1. The van der Waals surface area contributed by atoms with Crippen molar-refractivity contribution in [1.82, 2.24) is 19.7 Å². The zero-order valence-corrected chi connectivity index (χ0v) is 13.9. The lowest BCUT2D eigenvalue weighted by Crippen LogP contribution is -2.38. The van der Waals surface area contributed by atoms with Crippen LogP contribution < -0.4 is 0 Å².